The number of aliphatic hydroxyl groups is 3. The minimum atomic E-state index is -0.625. The van der Waals surface area contributed by atoms with Gasteiger partial charge in [0.1, 0.15) is 0 Å². The van der Waals surface area contributed by atoms with E-state index >= 15 is 0 Å². The molecule has 4 heteroatoms. The molecule has 0 unspecified atom stereocenters. The molecule has 0 spiro atoms. The zero-order valence-corrected chi connectivity index (χ0v) is 20.5. The van der Waals surface area contributed by atoms with Crippen LogP contribution in [0.2, 0.25) is 0 Å². The Morgan fingerprint density at radius 1 is 1.26 bits per heavy atom. The van der Waals surface area contributed by atoms with Gasteiger partial charge in [-0.25, -0.2) is 0 Å². The quantitative estimate of drug-likeness (QED) is 0.329. The smallest absolute Gasteiger partial charge is 0.0811 e. The van der Waals surface area contributed by atoms with Crippen LogP contribution in [-0.2, 0) is 0 Å². The third-order valence-corrected chi connectivity index (χ3v) is 9.27. The van der Waals surface area contributed by atoms with Gasteiger partial charge in [-0.2, -0.15) is 11.8 Å². The maximum absolute atomic E-state index is 10.5. The zero-order chi connectivity index (χ0) is 22.6. The summed E-state index contributed by atoms with van der Waals surface area (Å²) in [7, 11) is 0. The fraction of sp³-hybridized carbons (Fsp3) is 0.704. The van der Waals surface area contributed by atoms with E-state index in [-0.39, 0.29) is 5.41 Å². The fourth-order valence-electron chi connectivity index (χ4n) is 5.64. The first-order valence-corrected chi connectivity index (χ1v) is 13.3. The summed E-state index contributed by atoms with van der Waals surface area (Å²) < 4.78 is 0. The lowest BCUT2D eigenvalue weighted by atomic mass is 9.64. The van der Waals surface area contributed by atoms with Crippen molar-refractivity contribution >= 4 is 11.8 Å². The minimum Gasteiger partial charge on any atom is -0.393 e. The summed E-state index contributed by atoms with van der Waals surface area (Å²) in [6, 6.07) is 0. The summed E-state index contributed by atoms with van der Waals surface area (Å²) in [5, 5.41) is 30.7. The van der Waals surface area contributed by atoms with Gasteiger partial charge in [-0.1, -0.05) is 56.7 Å². The van der Waals surface area contributed by atoms with Crippen molar-refractivity contribution in [2.45, 2.75) is 96.4 Å². The van der Waals surface area contributed by atoms with Gasteiger partial charge in [0, 0.05) is 12.2 Å². The van der Waals surface area contributed by atoms with E-state index in [1.807, 2.05) is 11.8 Å². The molecule has 2 fully saturated rings. The lowest BCUT2D eigenvalue weighted by Crippen LogP contribution is -2.31. The average molecular weight is 447 g/mol. The van der Waals surface area contributed by atoms with E-state index in [1.165, 1.54) is 18.4 Å². The number of thioether (sulfide) groups is 1. The second-order valence-corrected chi connectivity index (χ2v) is 11.2. The second kappa shape index (κ2) is 10.4. The van der Waals surface area contributed by atoms with Gasteiger partial charge >= 0.3 is 0 Å². The monoisotopic (exact) mass is 446 g/mol. The lowest BCUT2D eigenvalue weighted by molar-refractivity contribution is 0.0297. The largest absolute Gasteiger partial charge is 0.393 e. The molecule has 3 rings (SSSR count). The molecule has 0 radical (unpaired) electrons. The lowest BCUT2D eigenvalue weighted by Gasteiger charge is -2.41. The average Bonchev–Trinajstić information content (AvgIpc) is 3.09. The summed E-state index contributed by atoms with van der Waals surface area (Å²) in [5.74, 6) is 2.64. The molecule has 0 saturated heterocycles. The van der Waals surface area contributed by atoms with Crippen molar-refractivity contribution in [3.05, 3.63) is 47.1 Å². The van der Waals surface area contributed by atoms with Crippen LogP contribution in [0.15, 0.2) is 47.1 Å². The van der Waals surface area contributed by atoms with E-state index in [4.69, 9.17) is 0 Å². The molecule has 174 valence electrons. The Morgan fingerprint density at radius 2 is 2.00 bits per heavy atom. The Morgan fingerprint density at radius 3 is 2.71 bits per heavy atom. The minimum absolute atomic E-state index is 0.240. The van der Waals surface area contributed by atoms with Crippen molar-refractivity contribution in [2.75, 3.05) is 11.5 Å². The molecular weight excluding hydrogens is 404 g/mol. The Bertz CT molecular complexity index is 746. The highest BCUT2D eigenvalue weighted by molar-refractivity contribution is 7.99. The molecular formula is C27H42O3S. The van der Waals surface area contributed by atoms with Crippen LogP contribution in [0.5, 0.6) is 0 Å². The summed E-state index contributed by atoms with van der Waals surface area (Å²) in [6.07, 6.45) is 14.0. The fourth-order valence-corrected chi connectivity index (χ4v) is 6.98. The number of allylic oxidation sites excluding steroid dienone is 4. The molecule has 0 aliphatic heterocycles. The molecule has 0 aromatic heterocycles. The molecule has 3 aliphatic rings. The maximum atomic E-state index is 10.5. The van der Waals surface area contributed by atoms with Crippen molar-refractivity contribution in [3.63, 3.8) is 0 Å². The van der Waals surface area contributed by atoms with E-state index in [0.717, 1.165) is 54.8 Å². The topological polar surface area (TPSA) is 60.7 Å². The Balaban J connectivity index is 1.63. The van der Waals surface area contributed by atoms with E-state index in [2.05, 4.69) is 45.6 Å². The normalized spacial score (nSPS) is 34.3. The van der Waals surface area contributed by atoms with E-state index < -0.39 is 17.8 Å². The van der Waals surface area contributed by atoms with Crippen molar-refractivity contribution < 1.29 is 15.3 Å². The van der Waals surface area contributed by atoms with Crippen molar-refractivity contribution in [2.24, 2.45) is 11.3 Å². The molecule has 31 heavy (non-hydrogen) atoms. The van der Waals surface area contributed by atoms with Gasteiger partial charge < -0.3 is 15.3 Å². The first kappa shape index (κ1) is 24.8. The van der Waals surface area contributed by atoms with Gasteiger partial charge in [0.25, 0.3) is 0 Å². The summed E-state index contributed by atoms with van der Waals surface area (Å²) >= 11 is 1.97. The highest BCUT2D eigenvalue weighted by atomic mass is 32.2. The molecule has 0 amide bonds. The van der Waals surface area contributed by atoms with Crippen molar-refractivity contribution in [3.8, 4) is 0 Å². The van der Waals surface area contributed by atoms with Crippen molar-refractivity contribution in [1.82, 2.24) is 0 Å². The molecule has 2 saturated carbocycles. The van der Waals surface area contributed by atoms with Crippen molar-refractivity contribution in [1.29, 1.82) is 0 Å². The molecule has 0 aromatic carbocycles. The van der Waals surface area contributed by atoms with Gasteiger partial charge in [-0.05, 0) is 79.6 Å². The first-order chi connectivity index (χ1) is 14.7. The third kappa shape index (κ3) is 5.58. The molecule has 0 bridgehead atoms. The number of fused-ring (bicyclic) bond motifs is 1. The molecule has 4 atom stereocenters. The molecule has 0 aromatic rings. The molecule has 0 heterocycles. The van der Waals surface area contributed by atoms with Gasteiger partial charge in [0.05, 0.1) is 17.8 Å². The summed E-state index contributed by atoms with van der Waals surface area (Å²) in [4.78, 5) is 0. The number of hydrogen-bond donors (Lipinski definition) is 3. The Labute approximate surface area is 193 Å². The maximum Gasteiger partial charge on any atom is 0.0811 e. The van der Waals surface area contributed by atoms with Crippen LogP contribution >= 0.6 is 11.8 Å². The number of aliphatic hydroxyl groups excluding tert-OH is 2. The Hall–Kier alpha value is -0.810. The van der Waals surface area contributed by atoms with E-state index in [1.54, 1.807) is 5.57 Å². The van der Waals surface area contributed by atoms with Crippen LogP contribution in [0.1, 0.15) is 78.6 Å². The number of hydrogen-bond acceptors (Lipinski definition) is 4. The van der Waals surface area contributed by atoms with E-state index in [0.29, 0.717) is 18.8 Å². The highest BCUT2D eigenvalue weighted by Gasteiger charge is 2.44. The molecule has 3 nitrogen and oxygen atoms in total. The zero-order valence-electron chi connectivity index (χ0n) is 19.7. The molecule has 3 aliphatic carbocycles. The van der Waals surface area contributed by atoms with Crippen LogP contribution in [0.3, 0.4) is 0 Å². The molecule has 3 N–H and O–H groups in total. The predicted molar refractivity (Wildman–Crippen MR) is 132 cm³/mol. The third-order valence-electron chi connectivity index (χ3n) is 8.26. The van der Waals surface area contributed by atoms with Crippen LogP contribution in [0.4, 0.5) is 0 Å². The second-order valence-electron chi connectivity index (χ2n) is 10.1. The van der Waals surface area contributed by atoms with Crippen LogP contribution in [0.25, 0.3) is 0 Å². The number of rotatable bonds is 8. The van der Waals surface area contributed by atoms with E-state index in [9.17, 15) is 15.3 Å². The highest BCUT2D eigenvalue weighted by Crippen LogP contribution is 2.55. The SMILES string of the molecule is C=C1C(=CC=C2CCC[C@]3(C)C(CSCCC(O)(CC)CC)=CC[C@@H]23)C[C@@H](O)C[C@@H]1O. The predicted octanol–water partition coefficient (Wildman–Crippen LogP) is 5.72. The Kier molecular flexibility index (Phi) is 8.34. The first-order valence-electron chi connectivity index (χ1n) is 12.2. The van der Waals surface area contributed by atoms with Gasteiger partial charge in [0.2, 0.25) is 0 Å². The van der Waals surface area contributed by atoms with Gasteiger partial charge in [0.15, 0.2) is 0 Å². The van der Waals surface area contributed by atoms with Crippen LogP contribution in [0, 0.1) is 11.3 Å². The van der Waals surface area contributed by atoms with Crippen LogP contribution < -0.4 is 0 Å². The van der Waals surface area contributed by atoms with Crippen LogP contribution in [-0.4, -0.2) is 44.6 Å². The standard InChI is InChI=1S/C27H42O3S/c1-5-27(30,6-2)14-15-31-18-22-11-12-24-20(8-7-13-26(22,24)4)9-10-21-16-23(28)17-25(29)19(21)3/h9-11,23-25,28-30H,3,5-8,12-18H2,1-2,4H3/t23-,24+,25+,26-/m1/s1. The summed E-state index contributed by atoms with van der Waals surface area (Å²) in [6.45, 7) is 10.6. The van der Waals surface area contributed by atoms with Gasteiger partial charge in [-0.15, -0.1) is 0 Å². The van der Waals surface area contributed by atoms with Gasteiger partial charge in [-0.3, -0.25) is 0 Å². The summed E-state index contributed by atoms with van der Waals surface area (Å²) in [5.41, 5.74) is 4.59.